The standard InChI is InChI=1S/C17H26N2O2/c1-5-14(18)12-7-8-16-13(9-12)15(19-11(3)20)10-17(4,6-2)21-16/h7-9,14-15H,5-6,10,18H2,1-4H3,(H,19,20). The van der Waals surface area contributed by atoms with E-state index in [1.54, 1.807) is 6.92 Å². The summed E-state index contributed by atoms with van der Waals surface area (Å²) in [5.41, 5.74) is 8.02. The van der Waals surface area contributed by atoms with E-state index in [2.05, 4.69) is 32.2 Å². The van der Waals surface area contributed by atoms with Gasteiger partial charge in [0, 0.05) is 24.9 Å². The van der Waals surface area contributed by atoms with Crippen molar-refractivity contribution in [3.8, 4) is 5.75 Å². The summed E-state index contributed by atoms with van der Waals surface area (Å²) >= 11 is 0. The first-order chi connectivity index (χ1) is 9.88. The average molecular weight is 290 g/mol. The third kappa shape index (κ3) is 3.38. The van der Waals surface area contributed by atoms with Crippen LogP contribution in [0.3, 0.4) is 0 Å². The van der Waals surface area contributed by atoms with E-state index in [4.69, 9.17) is 10.5 Å². The number of carbonyl (C=O) groups is 1. The second-order valence-electron chi connectivity index (χ2n) is 6.17. The van der Waals surface area contributed by atoms with Gasteiger partial charge in [-0.15, -0.1) is 0 Å². The Morgan fingerprint density at radius 2 is 2.24 bits per heavy atom. The third-order valence-corrected chi connectivity index (χ3v) is 4.39. The molecule has 0 saturated carbocycles. The number of hydrogen-bond acceptors (Lipinski definition) is 3. The summed E-state index contributed by atoms with van der Waals surface area (Å²) in [7, 11) is 0. The zero-order valence-corrected chi connectivity index (χ0v) is 13.4. The summed E-state index contributed by atoms with van der Waals surface area (Å²) in [4.78, 5) is 11.5. The third-order valence-electron chi connectivity index (χ3n) is 4.39. The first kappa shape index (κ1) is 15.8. The summed E-state index contributed by atoms with van der Waals surface area (Å²) in [6.07, 6.45) is 2.57. The topological polar surface area (TPSA) is 64.3 Å². The predicted octanol–water partition coefficient (Wildman–Crippen LogP) is 3.22. The van der Waals surface area contributed by atoms with Crippen molar-refractivity contribution in [2.75, 3.05) is 0 Å². The van der Waals surface area contributed by atoms with E-state index in [9.17, 15) is 4.79 Å². The van der Waals surface area contributed by atoms with Gasteiger partial charge >= 0.3 is 0 Å². The van der Waals surface area contributed by atoms with Crippen molar-refractivity contribution in [1.82, 2.24) is 5.32 Å². The number of amides is 1. The van der Waals surface area contributed by atoms with Crippen molar-refractivity contribution < 1.29 is 9.53 Å². The lowest BCUT2D eigenvalue weighted by Crippen LogP contribution is -2.42. The zero-order chi connectivity index (χ0) is 15.6. The monoisotopic (exact) mass is 290 g/mol. The summed E-state index contributed by atoms with van der Waals surface area (Å²) < 4.78 is 6.16. The van der Waals surface area contributed by atoms with Crippen molar-refractivity contribution in [2.24, 2.45) is 5.73 Å². The van der Waals surface area contributed by atoms with Crippen molar-refractivity contribution in [3.05, 3.63) is 29.3 Å². The maximum Gasteiger partial charge on any atom is 0.217 e. The first-order valence-corrected chi connectivity index (χ1v) is 7.74. The Morgan fingerprint density at radius 1 is 1.52 bits per heavy atom. The SMILES string of the molecule is CCC(N)c1ccc2c(c1)C(NC(C)=O)CC(C)(CC)O2. The van der Waals surface area contributed by atoms with Crippen LogP contribution in [0.2, 0.25) is 0 Å². The molecule has 3 unspecified atom stereocenters. The van der Waals surface area contributed by atoms with E-state index >= 15 is 0 Å². The fourth-order valence-electron chi connectivity index (χ4n) is 2.84. The van der Waals surface area contributed by atoms with Gasteiger partial charge in [-0.1, -0.05) is 19.9 Å². The van der Waals surface area contributed by atoms with Crippen molar-refractivity contribution >= 4 is 5.91 Å². The Morgan fingerprint density at radius 3 is 2.81 bits per heavy atom. The molecule has 21 heavy (non-hydrogen) atoms. The Balaban J connectivity index is 2.41. The summed E-state index contributed by atoms with van der Waals surface area (Å²) in [6.45, 7) is 7.83. The van der Waals surface area contributed by atoms with Crippen molar-refractivity contribution in [3.63, 3.8) is 0 Å². The van der Waals surface area contributed by atoms with Crippen LogP contribution in [-0.2, 0) is 4.79 Å². The maximum absolute atomic E-state index is 11.5. The molecule has 1 amide bonds. The van der Waals surface area contributed by atoms with Crippen LogP contribution in [0, 0.1) is 0 Å². The highest BCUT2D eigenvalue weighted by Gasteiger charge is 2.36. The highest BCUT2D eigenvalue weighted by atomic mass is 16.5. The molecule has 3 atom stereocenters. The Hall–Kier alpha value is -1.55. The Bertz CT molecular complexity index is 530. The van der Waals surface area contributed by atoms with Gasteiger partial charge in [0.1, 0.15) is 11.4 Å². The first-order valence-electron chi connectivity index (χ1n) is 7.74. The van der Waals surface area contributed by atoms with Crippen LogP contribution in [0.25, 0.3) is 0 Å². The summed E-state index contributed by atoms with van der Waals surface area (Å²) in [6, 6.07) is 6.11. The van der Waals surface area contributed by atoms with Crippen molar-refractivity contribution in [2.45, 2.75) is 64.6 Å². The molecule has 1 heterocycles. The van der Waals surface area contributed by atoms with Crippen LogP contribution >= 0.6 is 0 Å². The molecule has 2 rings (SSSR count). The normalized spacial score (nSPS) is 25.7. The number of rotatable bonds is 4. The largest absolute Gasteiger partial charge is 0.487 e. The van der Waals surface area contributed by atoms with Crippen LogP contribution < -0.4 is 15.8 Å². The van der Waals surface area contributed by atoms with Crippen LogP contribution in [-0.4, -0.2) is 11.5 Å². The number of ether oxygens (including phenoxy) is 1. The Kier molecular flexibility index (Phi) is 4.57. The smallest absolute Gasteiger partial charge is 0.217 e. The highest BCUT2D eigenvalue weighted by Crippen LogP contribution is 2.42. The second kappa shape index (κ2) is 6.06. The Labute approximate surface area is 127 Å². The lowest BCUT2D eigenvalue weighted by Gasteiger charge is -2.40. The minimum Gasteiger partial charge on any atom is -0.487 e. The minimum absolute atomic E-state index is 0.0137. The van der Waals surface area contributed by atoms with E-state index in [1.807, 2.05) is 12.1 Å². The molecule has 116 valence electrons. The molecule has 1 aromatic carbocycles. The lowest BCUT2D eigenvalue weighted by molar-refractivity contribution is -0.120. The van der Waals surface area contributed by atoms with Gasteiger partial charge in [0.15, 0.2) is 0 Å². The molecule has 1 aliphatic rings. The molecule has 0 aromatic heterocycles. The summed E-state index contributed by atoms with van der Waals surface area (Å²) in [5, 5.41) is 3.05. The number of nitrogens with one attached hydrogen (secondary N) is 1. The molecular weight excluding hydrogens is 264 g/mol. The van der Waals surface area contributed by atoms with Gasteiger partial charge in [0.05, 0.1) is 6.04 Å². The predicted molar refractivity (Wildman–Crippen MR) is 84.2 cm³/mol. The van der Waals surface area contributed by atoms with Gasteiger partial charge in [-0.2, -0.15) is 0 Å². The average Bonchev–Trinajstić information content (AvgIpc) is 2.45. The van der Waals surface area contributed by atoms with E-state index < -0.39 is 0 Å². The number of fused-ring (bicyclic) bond motifs is 1. The van der Waals surface area contributed by atoms with Crippen molar-refractivity contribution in [1.29, 1.82) is 0 Å². The van der Waals surface area contributed by atoms with E-state index in [0.717, 1.165) is 36.1 Å². The van der Waals surface area contributed by atoms with Crippen LogP contribution in [0.1, 0.15) is 70.2 Å². The fraction of sp³-hybridized carbons (Fsp3) is 0.588. The van der Waals surface area contributed by atoms with E-state index in [0.29, 0.717) is 0 Å². The van der Waals surface area contributed by atoms with Gasteiger partial charge in [0.25, 0.3) is 0 Å². The fourth-order valence-corrected chi connectivity index (χ4v) is 2.84. The highest BCUT2D eigenvalue weighted by molar-refractivity contribution is 5.73. The number of carbonyl (C=O) groups excluding carboxylic acids is 1. The molecule has 3 N–H and O–H groups in total. The molecule has 4 nitrogen and oxygen atoms in total. The molecular formula is C17H26N2O2. The van der Waals surface area contributed by atoms with Gasteiger partial charge < -0.3 is 15.8 Å². The number of hydrogen-bond donors (Lipinski definition) is 2. The van der Waals surface area contributed by atoms with Gasteiger partial charge in [-0.3, -0.25) is 4.79 Å². The van der Waals surface area contributed by atoms with Crippen LogP contribution in [0.5, 0.6) is 5.75 Å². The number of nitrogens with two attached hydrogens (primary N) is 1. The zero-order valence-electron chi connectivity index (χ0n) is 13.4. The molecule has 0 fully saturated rings. The number of benzene rings is 1. The lowest BCUT2D eigenvalue weighted by atomic mass is 9.85. The van der Waals surface area contributed by atoms with E-state index in [1.165, 1.54) is 0 Å². The maximum atomic E-state index is 11.5. The molecule has 0 saturated heterocycles. The van der Waals surface area contributed by atoms with Gasteiger partial charge in [-0.05, 0) is 37.5 Å². The quantitative estimate of drug-likeness (QED) is 0.895. The molecule has 1 aliphatic heterocycles. The van der Waals surface area contributed by atoms with Gasteiger partial charge in [-0.25, -0.2) is 0 Å². The molecule has 1 aromatic rings. The van der Waals surface area contributed by atoms with E-state index in [-0.39, 0.29) is 23.6 Å². The van der Waals surface area contributed by atoms with Crippen LogP contribution in [0.4, 0.5) is 0 Å². The minimum atomic E-state index is -0.242. The molecule has 0 radical (unpaired) electrons. The second-order valence-corrected chi connectivity index (χ2v) is 6.17. The molecule has 0 bridgehead atoms. The molecule has 0 aliphatic carbocycles. The molecule has 0 spiro atoms. The van der Waals surface area contributed by atoms with Gasteiger partial charge in [0.2, 0.25) is 5.91 Å². The van der Waals surface area contributed by atoms with Crippen LogP contribution in [0.15, 0.2) is 18.2 Å². The molecule has 4 heteroatoms. The summed E-state index contributed by atoms with van der Waals surface area (Å²) in [5.74, 6) is 0.841.